The molecule has 3 heterocycles. The third-order valence-corrected chi connectivity index (χ3v) is 5.75. The number of halogens is 1. The van der Waals surface area contributed by atoms with Crippen molar-refractivity contribution in [2.45, 2.75) is 52.2 Å². The minimum Gasteiger partial charge on any atom is -0.463 e. The summed E-state index contributed by atoms with van der Waals surface area (Å²) in [6, 6.07) is 0. The van der Waals surface area contributed by atoms with Crippen molar-refractivity contribution in [3.63, 3.8) is 0 Å². The Morgan fingerprint density at radius 2 is 1.94 bits per heavy atom. The van der Waals surface area contributed by atoms with Crippen LogP contribution in [0.1, 0.15) is 44.3 Å². The lowest BCUT2D eigenvalue weighted by Gasteiger charge is -2.22. The van der Waals surface area contributed by atoms with E-state index in [4.69, 9.17) is 25.4 Å². The maximum absolute atomic E-state index is 12.3. The van der Waals surface area contributed by atoms with Crippen molar-refractivity contribution in [2.75, 3.05) is 6.61 Å². The average Bonchev–Trinajstić information content (AvgIpc) is 3.24. The molecule has 1 fully saturated rings. The molecule has 3 rings (SSSR count). The number of amides is 1. The summed E-state index contributed by atoms with van der Waals surface area (Å²) in [6.45, 7) is 6.38. The first kappa shape index (κ1) is 24.9. The maximum atomic E-state index is 12.3. The van der Waals surface area contributed by atoms with E-state index in [-0.39, 0.29) is 39.2 Å². The molecular weight excluding hydrogens is 502 g/mol. The second-order valence-electron chi connectivity index (χ2n) is 8.30. The lowest BCUT2D eigenvalue weighted by Crippen LogP contribution is -2.40. The summed E-state index contributed by atoms with van der Waals surface area (Å²) in [5.41, 5.74) is 5.49. The van der Waals surface area contributed by atoms with Gasteiger partial charge in [-0.05, 0) is 15.9 Å². The summed E-state index contributed by atoms with van der Waals surface area (Å²) in [5, 5.41) is 19.3. The summed E-state index contributed by atoms with van der Waals surface area (Å²) >= 11 is 3.22. The molecule has 4 atom stereocenters. The number of aliphatic hydroxyl groups excluding tert-OH is 1. The van der Waals surface area contributed by atoms with Gasteiger partial charge in [-0.3, -0.25) is 24.4 Å². The molecule has 180 valence electrons. The lowest BCUT2D eigenvalue weighted by atomic mass is 10.1. The van der Waals surface area contributed by atoms with Crippen LogP contribution in [0.25, 0.3) is 11.0 Å². The predicted octanol–water partition coefficient (Wildman–Crippen LogP) is 0.731. The Kier molecular flexibility index (Phi) is 7.24. The standard InChI is InChI=1S/C20H26BrN5O7/c1-7(2)19(29)31-5-9-13(33-20(30)8(3)4)12(27)18(32-9)26-6-24-15(22)11-10(16(23)28)14(21)25-17(11)26/h6-9,12-13,18,22,25,27H,5H2,1-4H3,(H2,23,28)/t9-,12+,13?,18-/m0/s1. The van der Waals surface area contributed by atoms with Gasteiger partial charge < -0.3 is 30.0 Å². The van der Waals surface area contributed by atoms with Crippen molar-refractivity contribution in [2.24, 2.45) is 17.6 Å². The van der Waals surface area contributed by atoms with Crippen LogP contribution in [0.4, 0.5) is 0 Å². The SMILES string of the molecule is CC(C)C(=O)OC[C@@H]1O[C@H](n2cnc(=N)c3c(C(N)=O)c(Br)[nH]c32)[C@H](O)C1OC(=O)C(C)C. The zero-order valence-electron chi connectivity index (χ0n) is 18.5. The summed E-state index contributed by atoms with van der Waals surface area (Å²) in [7, 11) is 0. The second kappa shape index (κ2) is 9.61. The molecule has 33 heavy (non-hydrogen) atoms. The fourth-order valence-electron chi connectivity index (χ4n) is 3.38. The molecule has 0 aliphatic carbocycles. The van der Waals surface area contributed by atoms with Crippen molar-refractivity contribution >= 4 is 44.8 Å². The number of fused-ring (bicyclic) bond motifs is 1. The molecule has 13 heteroatoms. The Hall–Kier alpha value is -2.77. The number of hydrogen-bond donors (Lipinski definition) is 4. The Morgan fingerprint density at radius 3 is 2.52 bits per heavy atom. The monoisotopic (exact) mass is 527 g/mol. The fourth-order valence-corrected chi connectivity index (χ4v) is 3.96. The number of hydrogen-bond acceptors (Lipinski definition) is 9. The van der Waals surface area contributed by atoms with Gasteiger partial charge in [0.25, 0.3) is 5.91 Å². The van der Waals surface area contributed by atoms with Crippen molar-refractivity contribution in [1.82, 2.24) is 14.5 Å². The molecule has 1 amide bonds. The highest BCUT2D eigenvalue weighted by Gasteiger charge is 2.48. The van der Waals surface area contributed by atoms with Crippen molar-refractivity contribution in [1.29, 1.82) is 5.41 Å². The molecule has 1 saturated heterocycles. The molecule has 5 N–H and O–H groups in total. The zero-order chi connectivity index (χ0) is 24.6. The molecule has 0 spiro atoms. The molecule has 2 aromatic rings. The fraction of sp³-hybridized carbons (Fsp3) is 0.550. The summed E-state index contributed by atoms with van der Waals surface area (Å²) in [4.78, 5) is 43.0. The highest BCUT2D eigenvalue weighted by Crippen LogP contribution is 2.35. The van der Waals surface area contributed by atoms with E-state index in [1.54, 1.807) is 27.7 Å². The number of ether oxygens (including phenoxy) is 3. The molecule has 0 aromatic carbocycles. The first-order valence-corrected chi connectivity index (χ1v) is 11.1. The van der Waals surface area contributed by atoms with E-state index in [2.05, 4.69) is 25.9 Å². The Balaban J connectivity index is 2.01. The average molecular weight is 528 g/mol. The molecule has 0 radical (unpaired) electrons. The number of primary amides is 1. The van der Waals surface area contributed by atoms with Crippen LogP contribution in [0.5, 0.6) is 0 Å². The Bertz CT molecular complexity index is 1140. The van der Waals surface area contributed by atoms with Crippen LogP contribution in [0.3, 0.4) is 0 Å². The van der Waals surface area contributed by atoms with E-state index in [0.29, 0.717) is 0 Å². The minimum atomic E-state index is -1.37. The van der Waals surface area contributed by atoms with Crippen LogP contribution in [0.15, 0.2) is 10.9 Å². The van der Waals surface area contributed by atoms with Crippen LogP contribution in [-0.4, -0.2) is 62.4 Å². The van der Waals surface area contributed by atoms with Crippen LogP contribution in [0, 0.1) is 17.2 Å². The Morgan fingerprint density at radius 1 is 1.30 bits per heavy atom. The number of carbonyl (C=O) groups excluding carboxylic acids is 3. The molecular formula is C20H26BrN5O7. The van der Waals surface area contributed by atoms with Gasteiger partial charge >= 0.3 is 11.9 Å². The smallest absolute Gasteiger partial charge is 0.308 e. The van der Waals surface area contributed by atoms with Gasteiger partial charge in [-0.25, -0.2) is 4.98 Å². The zero-order valence-corrected chi connectivity index (χ0v) is 20.1. The predicted molar refractivity (Wildman–Crippen MR) is 117 cm³/mol. The van der Waals surface area contributed by atoms with Crippen molar-refractivity contribution in [3.8, 4) is 0 Å². The summed E-state index contributed by atoms with van der Waals surface area (Å²) < 4.78 is 18.3. The van der Waals surface area contributed by atoms with E-state index in [1.807, 2.05) is 0 Å². The number of aromatic nitrogens is 3. The third kappa shape index (κ3) is 4.80. The number of nitrogens with zero attached hydrogens (tertiary/aromatic N) is 2. The molecule has 0 saturated carbocycles. The largest absolute Gasteiger partial charge is 0.463 e. The van der Waals surface area contributed by atoms with Gasteiger partial charge in [0.2, 0.25) is 0 Å². The first-order valence-electron chi connectivity index (χ1n) is 10.3. The van der Waals surface area contributed by atoms with E-state index >= 15 is 0 Å². The van der Waals surface area contributed by atoms with Crippen molar-refractivity contribution < 1.29 is 33.7 Å². The van der Waals surface area contributed by atoms with E-state index in [9.17, 15) is 19.5 Å². The van der Waals surface area contributed by atoms with Crippen LogP contribution >= 0.6 is 15.9 Å². The van der Waals surface area contributed by atoms with E-state index in [0.717, 1.165) is 0 Å². The van der Waals surface area contributed by atoms with E-state index < -0.39 is 48.3 Å². The molecule has 2 aromatic heterocycles. The molecule has 12 nitrogen and oxygen atoms in total. The van der Waals surface area contributed by atoms with Gasteiger partial charge in [0.05, 0.1) is 27.4 Å². The number of H-pyrrole nitrogens is 1. The van der Waals surface area contributed by atoms with Gasteiger partial charge in [-0.1, -0.05) is 27.7 Å². The molecule has 0 bridgehead atoms. The second-order valence-corrected chi connectivity index (χ2v) is 9.09. The van der Waals surface area contributed by atoms with Gasteiger partial charge in [0.15, 0.2) is 17.8 Å². The van der Waals surface area contributed by atoms with E-state index in [1.165, 1.54) is 10.9 Å². The number of rotatable bonds is 7. The number of aliphatic hydroxyl groups is 1. The number of carbonyl (C=O) groups is 3. The Labute approximate surface area is 197 Å². The van der Waals surface area contributed by atoms with Gasteiger partial charge in [-0.15, -0.1) is 0 Å². The third-order valence-electron chi connectivity index (χ3n) is 5.16. The van der Waals surface area contributed by atoms with Crippen LogP contribution < -0.4 is 11.2 Å². The minimum absolute atomic E-state index is 0.0227. The van der Waals surface area contributed by atoms with Crippen LogP contribution in [-0.2, 0) is 23.8 Å². The molecule has 1 unspecified atom stereocenters. The highest BCUT2D eigenvalue weighted by atomic mass is 79.9. The van der Waals surface area contributed by atoms with Gasteiger partial charge in [-0.2, -0.15) is 0 Å². The number of esters is 2. The number of nitrogens with two attached hydrogens (primary N) is 1. The first-order chi connectivity index (χ1) is 15.4. The quantitative estimate of drug-likeness (QED) is 0.379. The number of nitrogens with one attached hydrogen (secondary N) is 2. The van der Waals surface area contributed by atoms with Crippen molar-refractivity contribution in [3.05, 3.63) is 22.0 Å². The maximum Gasteiger partial charge on any atom is 0.308 e. The number of aromatic amines is 1. The summed E-state index contributed by atoms with van der Waals surface area (Å²) in [5.74, 6) is -2.65. The van der Waals surface area contributed by atoms with Crippen LogP contribution in [0.2, 0.25) is 0 Å². The lowest BCUT2D eigenvalue weighted by molar-refractivity contribution is -0.164. The van der Waals surface area contributed by atoms with Gasteiger partial charge in [0, 0.05) is 0 Å². The molecule has 1 aliphatic rings. The summed E-state index contributed by atoms with van der Waals surface area (Å²) in [6.07, 6.45) is -3.38. The molecule has 1 aliphatic heterocycles. The topological polar surface area (TPSA) is 183 Å². The highest BCUT2D eigenvalue weighted by molar-refractivity contribution is 9.10. The normalized spacial score (nSPS) is 22.8. The van der Waals surface area contributed by atoms with Gasteiger partial charge in [0.1, 0.15) is 30.8 Å².